The first-order valence-electron chi connectivity index (χ1n) is 5.66. The number of benzene rings is 1. The number of amides is 3. The third-order valence-electron chi connectivity index (χ3n) is 2.23. The molecule has 108 valence electrons. The molecule has 20 heavy (non-hydrogen) atoms. The maximum atomic E-state index is 12.8. The summed E-state index contributed by atoms with van der Waals surface area (Å²) in [7, 11) is 0. The lowest BCUT2D eigenvalue weighted by Crippen LogP contribution is -2.34. The summed E-state index contributed by atoms with van der Waals surface area (Å²) in [6.07, 6.45) is -0.0580. The first kappa shape index (κ1) is 16.1. The van der Waals surface area contributed by atoms with Crippen LogP contribution in [-0.2, 0) is 9.59 Å². The minimum absolute atomic E-state index is 0.0652. The molecule has 0 aliphatic carbocycles. The van der Waals surface area contributed by atoms with E-state index < -0.39 is 23.7 Å². The largest absolute Gasteiger partial charge is 0.481 e. The molecule has 0 aromatic heterocycles. The van der Waals surface area contributed by atoms with Crippen molar-refractivity contribution in [3.05, 3.63) is 28.5 Å². The molecular formula is C12H12BrFN2O4. The number of rotatable bonds is 5. The minimum Gasteiger partial charge on any atom is -0.481 e. The highest BCUT2D eigenvalue weighted by Gasteiger charge is 2.10. The summed E-state index contributed by atoms with van der Waals surface area (Å²) < 4.78 is 13.2. The second-order valence-corrected chi connectivity index (χ2v) is 4.73. The van der Waals surface area contributed by atoms with Crippen LogP contribution in [0.25, 0.3) is 0 Å². The molecule has 3 N–H and O–H groups in total. The first-order chi connectivity index (χ1) is 9.38. The lowest BCUT2D eigenvalue weighted by Gasteiger charge is -2.08. The summed E-state index contributed by atoms with van der Waals surface area (Å²) in [5.74, 6) is -2.05. The summed E-state index contributed by atoms with van der Waals surface area (Å²) in [6, 6.07) is 2.91. The predicted molar refractivity (Wildman–Crippen MR) is 72.7 cm³/mol. The van der Waals surface area contributed by atoms with Crippen LogP contribution in [0.5, 0.6) is 0 Å². The molecule has 0 saturated heterocycles. The molecule has 0 fully saturated rings. The molecule has 1 aromatic carbocycles. The molecule has 0 aliphatic heterocycles. The van der Waals surface area contributed by atoms with Gasteiger partial charge in [-0.1, -0.05) is 0 Å². The zero-order chi connectivity index (χ0) is 15.1. The highest BCUT2D eigenvalue weighted by molar-refractivity contribution is 9.10. The molecule has 0 bridgehead atoms. The molecule has 0 aliphatic rings. The Morgan fingerprint density at radius 2 is 1.95 bits per heavy atom. The van der Waals surface area contributed by atoms with Crippen LogP contribution in [0.4, 0.5) is 14.9 Å². The molecule has 6 nitrogen and oxygen atoms in total. The number of urea groups is 1. The molecule has 1 aromatic rings. The number of aliphatic carboxylic acids is 1. The number of carboxylic acid groups (broad SMARTS) is 1. The van der Waals surface area contributed by atoms with Gasteiger partial charge in [-0.05, 0) is 40.5 Å². The number of carbonyl (C=O) groups is 3. The van der Waals surface area contributed by atoms with Crippen molar-refractivity contribution >= 4 is 39.5 Å². The van der Waals surface area contributed by atoms with Gasteiger partial charge in [0.2, 0.25) is 5.91 Å². The Balaban J connectivity index is 2.43. The van der Waals surface area contributed by atoms with Crippen molar-refractivity contribution in [3.8, 4) is 0 Å². The number of carboxylic acids is 1. The van der Waals surface area contributed by atoms with E-state index >= 15 is 0 Å². The molecule has 0 spiro atoms. The van der Waals surface area contributed by atoms with Gasteiger partial charge in [0.25, 0.3) is 0 Å². The second-order valence-electron chi connectivity index (χ2n) is 3.87. The molecular weight excluding hydrogens is 335 g/mol. The van der Waals surface area contributed by atoms with Gasteiger partial charge in [-0.3, -0.25) is 14.9 Å². The Hall–Kier alpha value is -1.96. The zero-order valence-corrected chi connectivity index (χ0v) is 11.9. The summed E-state index contributed by atoms with van der Waals surface area (Å²) in [5.41, 5.74) is 0.308. The molecule has 0 atom stereocenters. The Morgan fingerprint density at radius 1 is 1.25 bits per heavy atom. The van der Waals surface area contributed by atoms with Gasteiger partial charge in [0.1, 0.15) is 5.82 Å². The van der Waals surface area contributed by atoms with Gasteiger partial charge in [-0.15, -0.1) is 0 Å². The molecule has 0 saturated carbocycles. The van der Waals surface area contributed by atoms with Crippen molar-refractivity contribution in [2.24, 2.45) is 0 Å². The third kappa shape index (κ3) is 5.79. The van der Waals surface area contributed by atoms with E-state index in [1.807, 2.05) is 5.32 Å². The van der Waals surface area contributed by atoms with Crippen molar-refractivity contribution in [1.82, 2.24) is 5.32 Å². The average molecular weight is 347 g/mol. The van der Waals surface area contributed by atoms with Gasteiger partial charge in [-0.2, -0.15) is 0 Å². The van der Waals surface area contributed by atoms with Crippen molar-refractivity contribution in [1.29, 1.82) is 0 Å². The van der Waals surface area contributed by atoms with Crippen LogP contribution < -0.4 is 10.6 Å². The predicted octanol–water partition coefficient (Wildman–Crippen LogP) is 2.49. The number of nitrogens with one attached hydrogen (secondary N) is 2. The Labute approximate surface area is 122 Å². The van der Waals surface area contributed by atoms with Crippen LogP contribution in [0, 0.1) is 5.82 Å². The number of carbonyl (C=O) groups excluding carboxylic acids is 2. The Bertz CT molecular complexity index is 536. The SMILES string of the molecule is O=C(O)CCCC(=O)NC(=O)Nc1ccc(F)cc1Br. The van der Waals surface area contributed by atoms with E-state index in [1.165, 1.54) is 12.1 Å². The van der Waals surface area contributed by atoms with Crippen molar-refractivity contribution in [2.45, 2.75) is 19.3 Å². The van der Waals surface area contributed by atoms with Gasteiger partial charge in [0.15, 0.2) is 0 Å². The fourth-order valence-electron chi connectivity index (χ4n) is 1.33. The number of imide groups is 1. The molecule has 3 amide bonds. The minimum atomic E-state index is -1.00. The van der Waals surface area contributed by atoms with Crippen LogP contribution in [-0.4, -0.2) is 23.0 Å². The lowest BCUT2D eigenvalue weighted by molar-refractivity contribution is -0.137. The van der Waals surface area contributed by atoms with E-state index in [2.05, 4.69) is 21.2 Å². The maximum absolute atomic E-state index is 12.8. The summed E-state index contributed by atoms with van der Waals surface area (Å²) in [6.45, 7) is 0. The van der Waals surface area contributed by atoms with E-state index in [0.717, 1.165) is 6.07 Å². The van der Waals surface area contributed by atoms with E-state index in [1.54, 1.807) is 0 Å². The number of halogens is 2. The van der Waals surface area contributed by atoms with E-state index in [0.29, 0.717) is 10.2 Å². The van der Waals surface area contributed by atoms with Gasteiger partial charge in [0.05, 0.1) is 5.69 Å². The highest BCUT2D eigenvalue weighted by atomic mass is 79.9. The van der Waals surface area contributed by atoms with Gasteiger partial charge in [-0.25, -0.2) is 9.18 Å². The number of hydrogen-bond donors (Lipinski definition) is 3. The maximum Gasteiger partial charge on any atom is 0.325 e. The number of anilines is 1. The molecule has 0 radical (unpaired) electrons. The standard InChI is InChI=1S/C12H12BrFN2O4/c13-8-6-7(14)4-5-9(8)15-12(20)16-10(17)2-1-3-11(18)19/h4-6H,1-3H2,(H,18,19)(H2,15,16,17,20). The zero-order valence-electron chi connectivity index (χ0n) is 10.3. The summed E-state index contributed by atoms with van der Waals surface area (Å²) in [5, 5.41) is 12.8. The van der Waals surface area contributed by atoms with Crippen LogP contribution in [0.1, 0.15) is 19.3 Å². The molecule has 1 rings (SSSR count). The van der Waals surface area contributed by atoms with E-state index in [4.69, 9.17) is 5.11 Å². The number of hydrogen-bond acceptors (Lipinski definition) is 3. The fourth-order valence-corrected chi connectivity index (χ4v) is 1.78. The van der Waals surface area contributed by atoms with Gasteiger partial charge in [0, 0.05) is 17.3 Å². The fraction of sp³-hybridized carbons (Fsp3) is 0.250. The molecule has 0 unspecified atom stereocenters. The molecule has 0 heterocycles. The van der Waals surface area contributed by atoms with Gasteiger partial charge < -0.3 is 10.4 Å². The average Bonchev–Trinajstić information content (AvgIpc) is 2.32. The Kier molecular flexibility index (Phi) is 6.10. The van der Waals surface area contributed by atoms with Crippen LogP contribution in [0.3, 0.4) is 0 Å². The van der Waals surface area contributed by atoms with Crippen molar-refractivity contribution < 1.29 is 23.9 Å². The summed E-state index contributed by atoms with van der Waals surface area (Å²) in [4.78, 5) is 33.1. The Morgan fingerprint density at radius 3 is 2.55 bits per heavy atom. The highest BCUT2D eigenvalue weighted by Crippen LogP contribution is 2.22. The van der Waals surface area contributed by atoms with Crippen molar-refractivity contribution in [2.75, 3.05) is 5.32 Å². The van der Waals surface area contributed by atoms with Crippen LogP contribution in [0.2, 0.25) is 0 Å². The quantitative estimate of drug-likeness (QED) is 0.763. The van der Waals surface area contributed by atoms with E-state index in [-0.39, 0.29) is 19.3 Å². The van der Waals surface area contributed by atoms with Crippen LogP contribution in [0.15, 0.2) is 22.7 Å². The third-order valence-corrected chi connectivity index (χ3v) is 2.88. The van der Waals surface area contributed by atoms with Gasteiger partial charge >= 0.3 is 12.0 Å². The normalized spacial score (nSPS) is 9.90. The topological polar surface area (TPSA) is 95.5 Å². The second kappa shape index (κ2) is 7.59. The van der Waals surface area contributed by atoms with Crippen molar-refractivity contribution in [3.63, 3.8) is 0 Å². The first-order valence-corrected chi connectivity index (χ1v) is 6.45. The van der Waals surface area contributed by atoms with E-state index in [9.17, 15) is 18.8 Å². The lowest BCUT2D eigenvalue weighted by atomic mass is 10.2. The summed E-state index contributed by atoms with van der Waals surface area (Å²) >= 11 is 3.07. The smallest absolute Gasteiger partial charge is 0.325 e. The monoisotopic (exact) mass is 346 g/mol. The molecule has 8 heteroatoms. The van der Waals surface area contributed by atoms with Crippen LogP contribution >= 0.6 is 15.9 Å².